The number of nitrogens with zero attached hydrogens (tertiary/aromatic N) is 2. The fraction of sp³-hybridized carbons (Fsp3) is 0.316. The van der Waals surface area contributed by atoms with Crippen LogP contribution in [0.1, 0.15) is 38.1 Å². The molecule has 138 valence electrons. The van der Waals surface area contributed by atoms with Crippen molar-refractivity contribution in [2.24, 2.45) is 0 Å². The van der Waals surface area contributed by atoms with Crippen molar-refractivity contribution < 1.29 is 19.4 Å². The number of allylic oxidation sites excluding steroid dienone is 1. The Morgan fingerprint density at radius 2 is 2.08 bits per heavy atom. The molecule has 0 aliphatic rings. The molecular formula is C19H23N3O4. The molecule has 7 nitrogen and oxygen atoms in total. The molecule has 2 N–H and O–H groups in total. The molecule has 0 aliphatic heterocycles. The molecule has 0 saturated heterocycles. The second-order valence-electron chi connectivity index (χ2n) is 6.61. The van der Waals surface area contributed by atoms with Crippen molar-refractivity contribution >= 4 is 17.6 Å². The minimum atomic E-state index is -1.21. The van der Waals surface area contributed by atoms with Gasteiger partial charge in [0.25, 0.3) is 5.91 Å². The van der Waals surface area contributed by atoms with E-state index in [1.54, 1.807) is 24.3 Å². The molecule has 0 unspecified atom stereocenters. The predicted octanol–water partition coefficient (Wildman–Crippen LogP) is 3.30. The molecule has 1 aromatic carbocycles. The summed E-state index contributed by atoms with van der Waals surface area (Å²) in [6.45, 7) is 7.46. The minimum Gasteiger partial charge on any atom is -0.490 e. The molecule has 26 heavy (non-hydrogen) atoms. The van der Waals surface area contributed by atoms with Gasteiger partial charge in [-0.1, -0.05) is 11.6 Å². The Morgan fingerprint density at radius 1 is 1.35 bits per heavy atom. The van der Waals surface area contributed by atoms with Crippen molar-refractivity contribution in [2.75, 3.05) is 11.9 Å². The highest BCUT2D eigenvalue weighted by molar-refractivity contribution is 6.04. The highest BCUT2D eigenvalue weighted by atomic mass is 16.5. The van der Waals surface area contributed by atoms with Gasteiger partial charge in [-0.25, -0.2) is 4.79 Å². The molecule has 0 radical (unpaired) electrons. The molecule has 0 bridgehead atoms. The third kappa shape index (κ3) is 4.72. The fourth-order valence-electron chi connectivity index (χ4n) is 2.03. The number of aliphatic carboxylic acids is 1. The Kier molecular flexibility index (Phi) is 5.82. The summed E-state index contributed by atoms with van der Waals surface area (Å²) in [5.74, 6) is -0.747. The monoisotopic (exact) mass is 357 g/mol. The Balaban J connectivity index is 2.07. The van der Waals surface area contributed by atoms with E-state index >= 15 is 0 Å². The number of hydrogen-bond donors (Lipinski definition) is 2. The number of amides is 1. The quantitative estimate of drug-likeness (QED) is 0.742. The number of anilines is 1. The number of carboxylic acids is 1. The summed E-state index contributed by atoms with van der Waals surface area (Å²) in [5, 5.41) is 16.0. The molecule has 0 fully saturated rings. The van der Waals surface area contributed by atoms with E-state index in [9.17, 15) is 14.7 Å². The van der Waals surface area contributed by atoms with Crippen molar-refractivity contribution in [1.82, 2.24) is 9.78 Å². The lowest BCUT2D eigenvalue weighted by atomic mass is 10.1. The van der Waals surface area contributed by atoms with Gasteiger partial charge in [-0.2, -0.15) is 5.10 Å². The topological polar surface area (TPSA) is 93.5 Å². The zero-order valence-corrected chi connectivity index (χ0v) is 15.3. The van der Waals surface area contributed by atoms with E-state index < -0.39 is 11.5 Å². The van der Waals surface area contributed by atoms with Crippen LogP contribution < -0.4 is 10.1 Å². The van der Waals surface area contributed by atoms with E-state index in [0.29, 0.717) is 23.6 Å². The first-order chi connectivity index (χ1) is 12.2. The van der Waals surface area contributed by atoms with Gasteiger partial charge >= 0.3 is 5.97 Å². The van der Waals surface area contributed by atoms with Gasteiger partial charge in [0.1, 0.15) is 12.4 Å². The smallest absolute Gasteiger partial charge is 0.331 e. The largest absolute Gasteiger partial charge is 0.490 e. The molecule has 0 saturated carbocycles. The van der Waals surface area contributed by atoms with E-state index in [1.165, 1.54) is 30.9 Å². The molecule has 2 aromatic rings. The van der Waals surface area contributed by atoms with Gasteiger partial charge < -0.3 is 15.2 Å². The molecule has 2 rings (SSSR count). The number of nitrogens with one attached hydrogen (secondary N) is 1. The van der Waals surface area contributed by atoms with Crippen molar-refractivity contribution in [3.8, 4) is 5.75 Å². The van der Waals surface area contributed by atoms with Crippen LogP contribution in [-0.2, 0) is 10.3 Å². The Hall–Kier alpha value is -3.09. The molecular weight excluding hydrogens is 334 g/mol. The minimum absolute atomic E-state index is 0.328. The molecule has 0 spiro atoms. The van der Waals surface area contributed by atoms with Crippen molar-refractivity contribution in [3.05, 3.63) is 53.9 Å². The lowest BCUT2D eigenvalue weighted by molar-refractivity contribution is -0.146. The van der Waals surface area contributed by atoms with E-state index in [2.05, 4.69) is 10.4 Å². The third-order valence-corrected chi connectivity index (χ3v) is 3.77. The fourth-order valence-corrected chi connectivity index (χ4v) is 2.03. The Labute approximate surface area is 152 Å². The zero-order valence-electron chi connectivity index (χ0n) is 15.3. The summed E-state index contributed by atoms with van der Waals surface area (Å²) in [4.78, 5) is 23.7. The number of hydrogen-bond acceptors (Lipinski definition) is 4. The van der Waals surface area contributed by atoms with Gasteiger partial charge in [0.05, 0.1) is 11.9 Å². The van der Waals surface area contributed by atoms with Crippen LogP contribution in [-0.4, -0.2) is 33.4 Å². The molecule has 1 aromatic heterocycles. The van der Waals surface area contributed by atoms with E-state index in [1.807, 2.05) is 19.9 Å². The highest BCUT2D eigenvalue weighted by Crippen LogP contribution is 2.19. The molecule has 1 amide bonds. The molecule has 0 atom stereocenters. The first-order valence-corrected chi connectivity index (χ1v) is 8.16. The SMILES string of the molecule is CC(C)=CCOc1cccc(C(=O)Nc2cnn(C(C)(C)C(=O)O)c2)c1. The van der Waals surface area contributed by atoms with Crippen LogP contribution in [0.5, 0.6) is 5.75 Å². The van der Waals surface area contributed by atoms with Gasteiger partial charge in [-0.3, -0.25) is 9.48 Å². The van der Waals surface area contributed by atoms with Gasteiger partial charge in [0.15, 0.2) is 5.54 Å². The molecule has 0 aliphatic carbocycles. The first kappa shape index (κ1) is 19.2. The number of benzene rings is 1. The average Bonchev–Trinajstić information content (AvgIpc) is 3.04. The van der Waals surface area contributed by atoms with Crippen molar-refractivity contribution in [3.63, 3.8) is 0 Å². The van der Waals surface area contributed by atoms with Crippen LogP contribution in [0.25, 0.3) is 0 Å². The van der Waals surface area contributed by atoms with Gasteiger partial charge in [0, 0.05) is 11.8 Å². The maximum atomic E-state index is 12.4. The number of ether oxygens (including phenoxy) is 1. The highest BCUT2D eigenvalue weighted by Gasteiger charge is 2.30. The standard InChI is InChI=1S/C19H23N3O4/c1-13(2)8-9-26-16-7-5-6-14(10-16)17(23)21-15-11-20-22(12-15)19(3,4)18(24)25/h5-8,10-12H,9H2,1-4H3,(H,21,23)(H,24,25). The van der Waals surface area contributed by atoms with E-state index in [4.69, 9.17) is 4.74 Å². The second kappa shape index (κ2) is 7.86. The summed E-state index contributed by atoms with van der Waals surface area (Å²) in [7, 11) is 0. The maximum Gasteiger partial charge on any atom is 0.331 e. The average molecular weight is 357 g/mol. The maximum absolute atomic E-state index is 12.4. The summed E-state index contributed by atoms with van der Waals surface area (Å²) in [5.41, 5.74) is 0.798. The molecule has 1 heterocycles. The summed E-state index contributed by atoms with van der Waals surface area (Å²) >= 11 is 0. The van der Waals surface area contributed by atoms with Gasteiger partial charge in [0.2, 0.25) is 0 Å². The number of carboxylic acid groups (broad SMARTS) is 1. The normalized spacial score (nSPS) is 10.9. The van der Waals surface area contributed by atoms with Crippen molar-refractivity contribution in [2.45, 2.75) is 33.2 Å². The lowest BCUT2D eigenvalue weighted by Gasteiger charge is -2.19. The summed E-state index contributed by atoms with van der Waals surface area (Å²) in [6.07, 6.45) is 4.85. The Morgan fingerprint density at radius 3 is 2.73 bits per heavy atom. The number of carbonyl (C=O) groups is 2. The Bertz CT molecular complexity index is 833. The van der Waals surface area contributed by atoms with E-state index in [0.717, 1.165) is 5.57 Å². The van der Waals surface area contributed by atoms with Crippen molar-refractivity contribution in [1.29, 1.82) is 0 Å². The third-order valence-electron chi connectivity index (χ3n) is 3.77. The van der Waals surface area contributed by atoms with Gasteiger partial charge in [-0.15, -0.1) is 0 Å². The zero-order chi connectivity index (χ0) is 19.3. The summed E-state index contributed by atoms with van der Waals surface area (Å²) in [6, 6.07) is 6.85. The lowest BCUT2D eigenvalue weighted by Crippen LogP contribution is -2.35. The van der Waals surface area contributed by atoms with Crippen LogP contribution in [0.4, 0.5) is 5.69 Å². The van der Waals surface area contributed by atoms with Crippen LogP contribution in [0.3, 0.4) is 0 Å². The number of aromatic nitrogens is 2. The summed E-state index contributed by atoms with van der Waals surface area (Å²) < 4.78 is 6.89. The van der Waals surface area contributed by atoms with Crippen LogP contribution in [0.2, 0.25) is 0 Å². The van der Waals surface area contributed by atoms with Crippen LogP contribution >= 0.6 is 0 Å². The number of carbonyl (C=O) groups excluding carboxylic acids is 1. The number of rotatable bonds is 7. The van der Waals surface area contributed by atoms with E-state index in [-0.39, 0.29) is 5.91 Å². The molecule has 7 heteroatoms. The van der Waals surface area contributed by atoms with Crippen LogP contribution in [0, 0.1) is 0 Å². The second-order valence-corrected chi connectivity index (χ2v) is 6.61. The first-order valence-electron chi connectivity index (χ1n) is 8.16. The van der Waals surface area contributed by atoms with Crippen LogP contribution in [0.15, 0.2) is 48.3 Å². The van der Waals surface area contributed by atoms with Gasteiger partial charge in [-0.05, 0) is 52.0 Å². The predicted molar refractivity (Wildman–Crippen MR) is 98.5 cm³/mol.